The van der Waals surface area contributed by atoms with Gasteiger partial charge in [-0.15, -0.1) is 0 Å². The van der Waals surface area contributed by atoms with Crippen molar-refractivity contribution in [2.24, 2.45) is 0 Å². The second-order valence-electron chi connectivity index (χ2n) is 6.58. The highest BCUT2D eigenvalue weighted by molar-refractivity contribution is 7.92. The van der Waals surface area contributed by atoms with Gasteiger partial charge in [-0.25, -0.2) is 8.42 Å². The van der Waals surface area contributed by atoms with Crippen molar-refractivity contribution in [2.75, 3.05) is 38.4 Å². The Morgan fingerprint density at radius 1 is 0.967 bits per heavy atom. The van der Waals surface area contributed by atoms with E-state index in [1.165, 1.54) is 11.4 Å². The molecule has 0 spiro atoms. The molecule has 0 aromatic heterocycles. The second-order valence-corrected chi connectivity index (χ2v) is 8.48. The monoisotopic (exact) mass is 436 g/mol. The van der Waals surface area contributed by atoms with Gasteiger partial charge in [0, 0.05) is 19.5 Å². The zero-order valence-corrected chi connectivity index (χ0v) is 18.5. The number of carbonyl (C=O) groups is 1. The van der Waals surface area contributed by atoms with Crippen molar-refractivity contribution >= 4 is 21.6 Å². The normalized spacial score (nSPS) is 10.9. The summed E-state index contributed by atoms with van der Waals surface area (Å²) < 4.78 is 41.5. The zero-order valence-electron chi connectivity index (χ0n) is 17.7. The Morgan fingerprint density at radius 2 is 1.63 bits per heavy atom. The maximum Gasteiger partial charge on any atom is 0.232 e. The Bertz CT molecular complexity index is 962. The number of hydrogen-bond donors (Lipinski definition) is 1. The van der Waals surface area contributed by atoms with Crippen LogP contribution < -0.4 is 23.8 Å². The number of amides is 1. The standard InChI is InChI=1S/C21H28N2O6S/c1-27-18-9-6-5-8-17(18)23(30(4,25)26)13-7-10-21(24)22-15-16-11-12-19(28-2)20(14-16)29-3/h5-6,8-9,11-12,14H,7,10,13,15H2,1-4H3,(H,22,24). The van der Waals surface area contributed by atoms with Crippen LogP contribution in [0.15, 0.2) is 42.5 Å². The Kier molecular flexibility index (Phi) is 8.35. The number of carbonyl (C=O) groups excluding carboxylic acids is 1. The highest BCUT2D eigenvalue weighted by Gasteiger charge is 2.20. The van der Waals surface area contributed by atoms with Gasteiger partial charge in [0.25, 0.3) is 0 Å². The molecule has 0 saturated carbocycles. The van der Waals surface area contributed by atoms with E-state index < -0.39 is 10.0 Å². The third kappa shape index (κ3) is 6.28. The van der Waals surface area contributed by atoms with Crippen molar-refractivity contribution in [2.45, 2.75) is 19.4 Å². The van der Waals surface area contributed by atoms with Gasteiger partial charge in [-0.05, 0) is 36.2 Å². The zero-order chi connectivity index (χ0) is 22.1. The van der Waals surface area contributed by atoms with Crippen LogP contribution in [0.3, 0.4) is 0 Å². The largest absolute Gasteiger partial charge is 0.495 e. The molecule has 2 rings (SSSR count). The van der Waals surface area contributed by atoms with Crippen LogP contribution in [0.2, 0.25) is 0 Å². The summed E-state index contributed by atoms with van der Waals surface area (Å²) in [6.45, 7) is 0.504. The first-order chi connectivity index (χ1) is 14.3. The minimum absolute atomic E-state index is 0.168. The van der Waals surface area contributed by atoms with Crippen LogP contribution in [-0.4, -0.2) is 48.5 Å². The van der Waals surface area contributed by atoms with Crippen molar-refractivity contribution in [1.29, 1.82) is 0 Å². The van der Waals surface area contributed by atoms with Crippen molar-refractivity contribution < 1.29 is 27.4 Å². The second kappa shape index (κ2) is 10.7. The number of nitrogens with one attached hydrogen (secondary N) is 1. The molecule has 164 valence electrons. The predicted molar refractivity (Wildman–Crippen MR) is 116 cm³/mol. The molecule has 0 bridgehead atoms. The highest BCUT2D eigenvalue weighted by Crippen LogP contribution is 2.30. The van der Waals surface area contributed by atoms with Gasteiger partial charge in [-0.1, -0.05) is 18.2 Å². The minimum Gasteiger partial charge on any atom is -0.495 e. The Morgan fingerprint density at radius 3 is 2.27 bits per heavy atom. The summed E-state index contributed by atoms with van der Waals surface area (Å²) in [6, 6.07) is 12.3. The molecular formula is C21H28N2O6S. The number of anilines is 1. The third-order valence-electron chi connectivity index (χ3n) is 4.46. The number of methoxy groups -OCH3 is 3. The predicted octanol–water partition coefficient (Wildman–Crippen LogP) is 2.58. The molecule has 8 nitrogen and oxygen atoms in total. The molecule has 0 unspecified atom stereocenters. The van der Waals surface area contributed by atoms with Crippen LogP contribution in [0, 0.1) is 0 Å². The quantitative estimate of drug-likeness (QED) is 0.582. The van der Waals surface area contributed by atoms with E-state index in [9.17, 15) is 13.2 Å². The van der Waals surface area contributed by atoms with E-state index in [1.54, 1.807) is 50.6 Å². The fourth-order valence-corrected chi connectivity index (χ4v) is 3.93. The Balaban J connectivity index is 1.93. The van der Waals surface area contributed by atoms with Gasteiger partial charge in [0.1, 0.15) is 5.75 Å². The van der Waals surface area contributed by atoms with Gasteiger partial charge in [0.15, 0.2) is 11.5 Å². The number of hydrogen-bond acceptors (Lipinski definition) is 6. The topological polar surface area (TPSA) is 94.2 Å². The number of ether oxygens (including phenoxy) is 3. The molecule has 9 heteroatoms. The number of benzene rings is 2. The first-order valence-electron chi connectivity index (χ1n) is 9.38. The lowest BCUT2D eigenvalue weighted by Gasteiger charge is -2.24. The molecule has 2 aromatic carbocycles. The molecule has 0 aliphatic heterocycles. The maximum absolute atomic E-state index is 12.2. The summed E-state index contributed by atoms with van der Waals surface area (Å²) in [5.41, 5.74) is 1.32. The van der Waals surface area contributed by atoms with Crippen LogP contribution in [0.4, 0.5) is 5.69 Å². The first kappa shape index (κ1) is 23.3. The molecule has 1 amide bonds. The first-order valence-corrected chi connectivity index (χ1v) is 11.2. The summed E-state index contributed by atoms with van der Waals surface area (Å²) in [5.74, 6) is 1.49. The number of para-hydroxylation sites is 2. The van der Waals surface area contributed by atoms with Gasteiger partial charge in [0.2, 0.25) is 15.9 Å². The Hall–Kier alpha value is -2.94. The number of nitrogens with zero attached hydrogens (tertiary/aromatic N) is 1. The van der Waals surface area contributed by atoms with E-state index in [1.807, 2.05) is 6.07 Å². The van der Waals surface area contributed by atoms with Gasteiger partial charge < -0.3 is 19.5 Å². The molecule has 1 N–H and O–H groups in total. The highest BCUT2D eigenvalue weighted by atomic mass is 32.2. The summed E-state index contributed by atoms with van der Waals surface area (Å²) in [7, 11) is 1.08. The Labute approximate surface area is 177 Å². The van der Waals surface area contributed by atoms with Gasteiger partial charge in [-0.3, -0.25) is 9.10 Å². The van der Waals surface area contributed by atoms with E-state index in [4.69, 9.17) is 14.2 Å². The minimum atomic E-state index is -3.52. The summed E-state index contributed by atoms with van der Waals surface area (Å²) in [6.07, 6.45) is 1.69. The molecule has 2 aromatic rings. The molecule has 0 aliphatic rings. The van der Waals surface area contributed by atoms with Gasteiger partial charge >= 0.3 is 0 Å². The lowest BCUT2D eigenvalue weighted by molar-refractivity contribution is -0.121. The molecule has 0 radical (unpaired) electrons. The fourth-order valence-electron chi connectivity index (χ4n) is 2.96. The molecule has 0 fully saturated rings. The maximum atomic E-state index is 12.2. The van der Waals surface area contributed by atoms with Crippen LogP contribution in [0.5, 0.6) is 17.2 Å². The molecule has 0 saturated heterocycles. The van der Waals surface area contributed by atoms with Crippen LogP contribution in [0.1, 0.15) is 18.4 Å². The SMILES string of the molecule is COc1ccc(CNC(=O)CCCN(c2ccccc2OC)S(C)(=O)=O)cc1OC. The van der Waals surface area contributed by atoms with E-state index >= 15 is 0 Å². The van der Waals surface area contributed by atoms with E-state index in [2.05, 4.69) is 5.32 Å². The lowest BCUT2D eigenvalue weighted by atomic mass is 10.2. The van der Waals surface area contributed by atoms with Gasteiger partial charge in [-0.2, -0.15) is 0 Å². The van der Waals surface area contributed by atoms with Crippen molar-refractivity contribution in [1.82, 2.24) is 5.32 Å². The smallest absolute Gasteiger partial charge is 0.232 e. The van der Waals surface area contributed by atoms with E-state index in [0.29, 0.717) is 35.9 Å². The molecule has 0 aliphatic carbocycles. The summed E-state index contributed by atoms with van der Waals surface area (Å²) in [4.78, 5) is 12.2. The fraction of sp³-hybridized carbons (Fsp3) is 0.381. The van der Waals surface area contributed by atoms with Crippen molar-refractivity contribution in [3.05, 3.63) is 48.0 Å². The molecular weight excluding hydrogens is 408 g/mol. The van der Waals surface area contributed by atoms with Gasteiger partial charge in [0.05, 0.1) is 33.3 Å². The van der Waals surface area contributed by atoms with Crippen molar-refractivity contribution in [3.63, 3.8) is 0 Å². The van der Waals surface area contributed by atoms with Crippen molar-refractivity contribution in [3.8, 4) is 17.2 Å². The molecule has 0 atom stereocenters. The number of sulfonamides is 1. The van der Waals surface area contributed by atoms with E-state index in [0.717, 1.165) is 11.8 Å². The third-order valence-corrected chi connectivity index (χ3v) is 5.64. The number of rotatable bonds is 11. The average molecular weight is 437 g/mol. The molecule has 0 heterocycles. The van der Waals surface area contributed by atoms with E-state index in [-0.39, 0.29) is 18.9 Å². The van der Waals surface area contributed by atoms with Crippen LogP contribution >= 0.6 is 0 Å². The summed E-state index contributed by atoms with van der Waals surface area (Å²) >= 11 is 0. The molecule has 30 heavy (non-hydrogen) atoms. The van der Waals surface area contributed by atoms with Crippen LogP contribution in [0.25, 0.3) is 0 Å². The summed E-state index contributed by atoms with van der Waals surface area (Å²) in [5, 5.41) is 2.83. The lowest BCUT2D eigenvalue weighted by Crippen LogP contribution is -2.32. The average Bonchev–Trinajstić information content (AvgIpc) is 2.74. The van der Waals surface area contributed by atoms with Crippen LogP contribution in [-0.2, 0) is 21.4 Å².